The van der Waals surface area contributed by atoms with Crippen LogP contribution < -0.4 is 5.73 Å². The fourth-order valence-electron chi connectivity index (χ4n) is 2.65. The Labute approximate surface area is 188 Å². The molecule has 0 bridgehead atoms. The van der Waals surface area contributed by atoms with Gasteiger partial charge in [0.05, 0.1) is 6.33 Å². The Bertz CT molecular complexity index is 767. The molecule has 1 nitrogen and oxygen atoms in total. The van der Waals surface area contributed by atoms with Crippen LogP contribution in [0.1, 0.15) is 77.2 Å². The van der Waals surface area contributed by atoms with E-state index in [1.165, 1.54) is 37.3 Å². The predicted octanol–water partition coefficient (Wildman–Crippen LogP) is 9.03. The van der Waals surface area contributed by atoms with Crippen molar-refractivity contribution < 1.29 is 4.39 Å². The van der Waals surface area contributed by atoms with Gasteiger partial charge in [-0.3, -0.25) is 0 Å². The van der Waals surface area contributed by atoms with Gasteiger partial charge in [0.25, 0.3) is 0 Å². The normalized spacial score (nSPS) is 11.8. The number of unbranched alkanes of at least 4 members (excludes halogenated alkanes) is 3. The lowest BCUT2D eigenvalue weighted by molar-refractivity contribution is 0.674. The molecule has 0 amide bonds. The summed E-state index contributed by atoms with van der Waals surface area (Å²) in [6.45, 7) is 19.3. The maximum Gasteiger partial charge on any atom is 0.0867 e. The number of nitrogens with two attached hydrogens (primary N) is 1. The monoisotopic (exact) mass is 429 g/mol. The first-order chi connectivity index (χ1) is 14.2. The Hall–Kier alpha value is -1.97. The van der Waals surface area contributed by atoms with Crippen molar-refractivity contribution in [3.05, 3.63) is 81.9 Å². The lowest BCUT2D eigenvalue weighted by Gasteiger charge is -2.05. The van der Waals surface area contributed by atoms with E-state index in [1.54, 1.807) is 17.4 Å². The molecule has 0 unspecified atom stereocenters. The van der Waals surface area contributed by atoms with Crippen molar-refractivity contribution in [2.24, 2.45) is 5.73 Å². The van der Waals surface area contributed by atoms with E-state index in [0.717, 1.165) is 45.7 Å². The molecule has 0 fully saturated rings. The second-order valence-electron chi connectivity index (χ2n) is 7.81. The van der Waals surface area contributed by atoms with Crippen LogP contribution >= 0.6 is 11.3 Å². The van der Waals surface area contributed by atoms with E-state index in [1.807, 2.05) is 20.8 Å². The number of halogens is 1. The topological polar surface area (TPSA) is 26.0 Å². The van der Waals surface area contributed by atoms with Crippen molar-refractivity contribution in [1.29, 1.82) is 0 Å². The van der Waals surface area contributed by atoms with Crippen LogP contribution in [0.2, 0.25) is 0 Å². The molecule has 0 radical (unpaired) electrons. The third-order valence-electron chi connectivity index (χ3n) is 4.24. The lowest BCUT2D eigenvalue weighted by atomic mass is 10.0. The van der Waals surface area contributed by atoms with Crippen molar-refractivity contribution in [3.63, 3.8) is 0 Å². The van der Waals surface area contributed by atoms with Crippen LogP contribution in [-0.2, 0) is 0 Å². The first-order valence-electron chi connectivity index (χ1n) is 10.7. The molecule has 166 valence electrons. The molecule has 0 aliphatic carbocycles. The van der Waals surface area contributed by atoms with Gasteiger partial charge in [-0.15, -0.1) is 11.3 Å². The summed E-state index contributed by atoms with van der Waals surface area (Å²) >= 11 is 1.68. The summed E-state index contributed by atoms with van der Waals surface area (Å²) in [4.78, 5) is 1.16. The van der Waals surface area contributed by atoms with E-state index < -0.39 is 0 Å². The minimum Gasteiger partial charge on any atom is -0.330 e. The van der Waals surface area contributed by atoms with Gasteiger partial charge in [0.2, 0.25) is 0 Å². The summed E-state index contributed by atoms with van der Waals surface area (Å²) in [6, 6.07) is 2.12. The molecule has 1 rings (SSSR count). The van der Waals surface area contributed by atoms with E-state index >= 15 is 0 Å². The van der Waals surface area contributed by atoms with Crippen LogP contribution in [0.15, 0.2) is 71.5 Å². The highest BCUT2D eigenvalue weighted by atomic mass is 32.1. The second kappa shape index (κ2) is 16.8. The maximum atomic E-state index is 12.3. The molecule has 1 aromatic rings. The number of allylic oxidation sites excluding steroid dienone is 8. The third kappa shape index (κ3) is 13.3. The molecular formula is C27H40FNS. The molecule has 0 aliphatic heterocycles. The molecule has 1 heterocycles. The zero-order valence-electron chi connectivity index (χ0n) is 19.6. The molecule has 30 heavy (non-hydrogen) atoms. The van der Waals surface area contributed by atoms with Gasteiger partial charge in [0.1, 0.15) is 0 Å². The number of hydrogen-bond acceptors (Lipinski definition) is 2. The summed E-state index contributed by atoms with van der Waals surface area (Å²) in [7, 11) is 0. The Kier molecular flexibility index (Phi) is 15.7. The zero-order valence-corrected chi connectivity index (χ0v) is 20.4. The first kappa shape index (κ1) is 28.0. The fraction of sp³-hybridized carbons (Fsp3) is 0.407. The van der Waals surface area contributed by atoms with Crippen LogP contribution in [0.25, 0.3) is 11.6 Å². The molecular weight excluding hydrogens is 389 g/mol. The third-order valence-corrected chi connectivity index (χ3v) is 5.11. The predicted molar refractivity (Wildman–Crippen MR) is 137 cm³/mol. The highest BCUT2D eigenvalue weighted by molar-refractivity contribution is 7.11. The van der Waals surface area contributed by atoms with Gasteiger partial charge < -0.3 is 5.73 Å². The molecule has 3 heteroatoms. The van der Waals surface area contributed by atoms with E-state index in [4.69, 9.17) is 5.73 Å². The van der Waals surface area contributed by atoms with Gasteiger partial charge in [-0.25, -0.2) is 4.39 Å². The van der Waals surface area contributed by atoms with Crippen molar-refractivity contribution in [2.45, 2.75) is 66.7 Å². The van der Waals surface area contributed by atoms with E-state index in [0.29, 0.717) is 6.33 Å². The van der Waals surface area contributed by atoms with Crippen LogP contribution in [0.4, 0.5) is 4.39 Å². The van der Waals surface area contributed by atoms with Gasteiger partial charge in [-0.05, 0) is 93.0 Å². The molecule has 0 saturated carbocycles. The van der Waals surface area contributed by atoms with Crippen molar-refractivity contribution >= 4 is 23.0 Å². The highest BCUT2D eigenvalue weighted by Gasteiger charge is 2.04. The molecule has 0 atom stereocenters. The molecule has 2 N–H and O–H groups in total. The molecule has 0 aromatic carbocycles. The van der Waals surface area contributed by atoms with Crippen LogP contribution in [-0.4, -0.2) is 6.54 Å². The fourth-order valence-corrected chi connectivity index (χ4v) is 3.56. The van der Waals surface area contributed by atoms with Gasteiger partial charge in [-0.2, -0.15) is 0 Å². The van der Waals surface area contributed by atoms with Crippen LogP contribution in [0.5, 0.6) is 0 Å². The quantitative estimate of drug-likeness (QED) is 0.212. The van der Waals surface area contributed by atoms with E-state index in [2.05, 4.69) is 50.6 Å². The van der Waals surface area contributed by atoms with Crippen LogP contribution in [0.3, 0.4) is 0 Å². The van der Waals surface area contributed by atoms with Gasteiger partial charge in [0.15, 0.2) is 0 Å². The van der Waals surface area contributed by atoms with Gasteiger partial charge in [0, 0.05) is 4.88 Å². The number of thiophene rings is 1. The Morgan fingerprint density at radius 2 is 1.83 bits per heavy atom. The van der Waals surface area contributed by atoms with Crippen molar-refractivity contribution in [2.75, 3.05) is 6.54 Å². The minimum absolute atomic E-state index is 0.553. The van der Waals surface area contributed by atoms with E-state index in [-0.39, 0.29) is 0 Å². The summed E-state index contributed by atoms with van der Waals surface area (Å²) in [6.07, 6.45) is 13.9. The summed E-state index contributed by atoms with van der Waals surface area (Å²) in [5.74, 6) is 0. The highest BCUT2D eigenvalue weighted by Crippen LogP contribution is 2.27. The summed E-state index contributed by atoms with van der Waals surface area (Å²) < 4.78 is 12.3. The minimum atomic E-state index is 0.553. The largest absolute Gasteiger partial charge is 0.330 e. The van der Waals surface area contributed by atoms with Gasteiger partial charge in [-0.1, -0.05) is 62.6 Å². The molecule has 0 aliphatic rings. The molecule has 0 saturated heterocycles. The van der Waals surface area contributed by atoms with E-state index in [9.17, 15) is 4.39 Å². The smallest absolute Gasteiger partial charge is 0.0867 e. The Morgan fingerprint density at radius 1 is 1.13 bits per heavy atom. The lowest BCUT2D eigenvalue weighted by Crippen LogP contribution is -1.97. The maximum absolute atomic E-state index is 12.3. The number of rotatable bonds is 11. The Morgan fingerprint density at radius 3 is 2.37 bits per heavy atom. The molecule has 0 spiro atoms. The average molecular weight is 430 g/mol. The first-order valence-corrected chi connectivity index (χ1v) is 11.5. The molecule has 1 aromatic heterocycles. The Balaban J connectivity index is 0.00000103. The second-order valence-corrected chi connectivity index (χ2v) is 8.76. The number of hydrogen-bond donors (Lipinski definition) is 1. The zero-order chi connectivity index (χ0) is 22.9. The van der Waals surface area contributed by atoms with Gasteiger partial charge >= 0.3 is 0 Å². The SMILES string of the molecule is C=C(C)CC(=C)/C(C)=C/c1cc(/C(C=C(C)C)=C/C=C/F)cs1.CCCCCCN. The van der Waals surface area contributed by atoms with Crippen molar-refractivity contribution in [3.8, 4) is 0 Å². The standard InChI is InChI=1S/C21H25FS.C6H15N/c1-15(2)10-17(5)18(6)12-21-13-20(14-23-21)19(8-7-9-22)11-16(3)4;1-2-3-4-5-6-7/h7-9,11-14H,1,5,10H2,2-4,6H3;2-7H2,1H3/b9-7+,18-12+,19-8+;. The average Bonchev–Trinajstić information content (AvgIpc) is 3.13. The summed E-state index contributed by atoms with van der Waals surface area (Å²) in [5.41, 5.74) is 11.9. The summed E-state index contributed by atoms with van der Waals surface area (Å²) in [5, 5.41) is 2.10. The van der Waals surface area contributed by atoms with Crippen molar-refractivity contribution in [1.82, 2.24) is 0 Å². The van der Waals surface area contributed by atoms with Crippen LogP contribution in [0, 0.1) is 0 Å².